The van der Waals surface area contributed by atoms with Gasteiger partial charge in [0.25, 0.3) is 5.91 Å². The number of methoxy groups -OCH3 is 2. The summed E-state index contributed by atoms with van der Waals surface area (Å²) in [6.45, 7) is 8.04. The molecule has 0 radical (unpaired) electrons. The molecule has 0 saturated heterocycles. The van der Waals surface area contributed by atoms with E-state index in [1.165, 1.54) is 40.2 Å². The molecular weight excluding hydrogens is 546 g/mol. The molecule has 0 aromatic rings. The number of nitrogens with one attached hydrogen (secondary N) is 2. The standard InChI is InChI=1S/C30H41N3O9/c1-15-11-20-25(32-19(5)34)22(35)14-21(27(20)37)33-29(38)16(2)9-8-10-23(40-6)28(42-30(31)39)18(4)13-17(3)26(36)24(12-15)41-7/h8-10,13-15,17,23-24,26,28,36H,11-12H2,1-7H3,(H2,31,39)(H,32,34)(H,33,38)/b10-8-,16-9+,18-13+/t15?,17-,23?,24?,26?,28?/m0/s1. The number of aliphatic hydroxyl groups excluding tert-OH is 1. The van der Waals surface area contributed by atoms with Crippen LogP contribution in [0.4, 0.5) is 4.79 Å². The van der Waals surface area contributed by atoms with E-state index in [1.807, 2.05) is 6.92 Å². The number of carbonyl (C=O) groups excluding carboxylic acids is 5. The Morgan fingerprint density at radius 2 is 1.79 bits per heavy atom. The van der Waals surface area contributed by atoms with E-state index in [4.69, 9.17) is 19.9 Å². The zero-order chi connectivity index (χ0) is 31.7. The lowest BCUT2D eigenvalue weighted by atomic mass is 9.85. The normalized spacial score (nSPS) is 31.6. The Kier molecular flexibility index (Phi) is 12.6. The number of fused-ring (bicyclic) bond motifs is 2. The molecule has 1 aliphatic carbocycles. The van der Waals surface area contributed by atoms with Gasteiger partial charge >= 0.3 is 6.09 Å². The van der Waals surface area contributed by atoms with Crippen LogP contribution >= 0.6 is 0 Å². The fourth-order valence-corrected chi connectivity index (χ4v) is 4.90. The van der Waals surface area contributed by atoms with Gasteiger partial charge in [-0.3, -0.25) is 19.2 Å². The van der Waals surface area contributed by atoms with Gasteiger partial charge in [0, 0.05) is 44.3 Å². The second kappa shape index (κ2) is 15.4. The lowest BCUT2D eigenvalue weighted by Crippen LogP contribution is -2.38. The van der Waals surface area contributed by atoms with Crippen molar-refractivity contribution in [1.82, 2.24) is 10.6 Å². The molecule has 0 fully saturated rings. The van der Waals surface area contributed by atoms with Gasteiger partial charge in [0.05, 0.1) is 23.6 Å². The summed E-state index contributed by atoms with van der Waals surface area (Å²) in [4.78, 5) is 62.9. The van der Waals surface area contributed by atoms with E-state index >= 15 is 0 Å². The van der Waals surface area contributed by atoms with Crippen molar-refractivity contribution in [3.8, 4) is 0 Å². The Morgan fingerprint density at radius 3 is 2.36 bits per heavy atom. The highest BCUT2D eigenvalue weighted by molar-refractivity contribution is 6.24. The van der Waals surface area contributed by atoms with E-state index in [1.54, 1.807) is 26.0 Å². The molecule has 2 rings (SSSR count). The van der Waals surface area contributed by atoms with E-state index in [0.29, 0.717) is 5.57 Å². The summed E-state index contributed by atoms with van der Waals surface area (Å²) in [5.74, 6) is -3.17. The predicted molar refractivity (Wildman–Crippen MR) is 153 cm³/mol. The van der Waals surface area contributed by atoms with Gasteiger partial charge in [-0.15, -0.1) is 0 Å². The van der Waals surface area contributed by atoms with Crippen molar-refractivity contribution in [3.05, 3.63) is 58.5 Å². The highest BCUT2D eigenvalue weighted by Crippen LogP contribution is 2.28. The van der Waals surface area contributed by atoms with Gasteiger partial charge < -0.3 is 35.7 Å². The van der Waals surface area contributed by atoms with Crippen LogP contribution in [0.1, 0.15) is 47.5 Å². The molecule has 230 valence electrons. The molecule has 0 spiro atoms. The second-order valence-electron chi connectivity index (χ2n) is 10.6. The molecule has 12 heteroatoms. The first-order chi connectivity index (χ1) is 19.7. The van der Waals surface area contributed by atoms with E-state index in [2.05, 4.69) is 10.6 Å². The van der Waals surface area contributed by atoms with Gasteiger partial charge in [-0.25, -0.2) is 4.79 Å². The largest absolute Gasteiger partial charge is 0.439 e. The maximum Gasteiger partial charge on any atom is 0.405 e. The van der Waals surface area contributed by atoms with Gasteiger partial charge in [0.2, 0.25) is 17.5 Å². The lowest BCUT2D eigenvalue weighted by Gasteiger charge is -2.30. The van der Waals surface area contributed by atoms with Crippen molar-refractivity contribution >= 4 is 29.5 Å². The molecule has 6 atom stereocenters. The van der Waals surface area contributed by atoms with Crippen molar-refractivity contribution in [1.29, 1.82) is 0 Å². The monoisotopic (exact) mass is 587 g/mol. The first-order valence-corrected chi connectivity index (χ1v) is 13.6. The van der Waals surface area contributed by atoms with Crippen LogP contribution in [0, 0.1) is 11.8 Å². The van der Waals surface area contributed by atoms with Crippen LogP contribution in [-0.4, -0.2) is 73.2 Å². The third-order valence-electron chi connectivity index (χ3n) is 7.09. The zero-order valence-electron chi connectivity index (χ0n) is 25.1. The molecule has 0 aromatic carbocycles. The maximum absolute atomic E-state index is 13.5. The van der Waals surface area contributed by atoms with Crippen LogP contribution in [0.15, 0.2) is 58.5 Å². The minimum atomic E-state index is -1.02. The number of carbonyl (C=O) groups is 5. The van der Waals surface area contributed by atoms with Crippen molar-refractivity contribution < 1.29 is 43.3 Å². The predicted octanol–water partition coefficient (Wildman–Crippen LogP) is 1.90. The second-order valence-corrected chi connectivity index (χ2v) is 10.6. The zero-order valence-corrected chi connectivity index (χ0v) is 25.1. The molecule has 42 heavy (non-hydrogen) atoms. The summed E-state index contributed by atoms with van der Waals surface area (Å²) in [5, 5.41) is 16.1. The van der Waals surface area contributed by atoms with Gasteiger partial charge in [-0.2, -0.15) is 0 Å². The Balaban J connectivity index is 2.64. The van der Waals surface area contributed by atoms with E-state index in [-0.39, 0.29) is 41.3 Å². The minimum absolute atomic E-state index is 0.0439. The number of amides is 3. The number of nitrogens with two attached hydrogens (primary N) is 1. The third kappa shape index (κ3) is 9.07. The molecular formula is C30H41N3O9. The molecule has 2 aliphatic rings. The summed E-state index contributed by atoms with van der Waals surface area (Å²) in [5.41, 5.74) is 5.76. The number of rotatable bonds is 4. The van der Waals surface area contributed by atoms with Crippen molar-refractivity contribution in [3.63, 3.8) is 0 Å². The molecule has 3 amide bonds. The fraction of sp³-hybridized carbons (Fsp3) is 0.500. The Morgan fingerprint density at radius 1 is 1.12 bits per heavy atom. The Labute approximate surface area is 245 Å². The van der Waals surface area contributed by atoms with Crippen molar-refractivity contribution in [2.45, 2.75) is 71.9 Å². The fourth-order valence-electron chi connectivity index (χ4n) is 4.90. The number of hydrogen-bond donors (Lipinski definition) is 4. The number of Topliss-reactive ketones (excluding diaryl/α,β-unsaturated/α-hetero) is 1. The third-order valence-corrected chi connectivity index (χ3v) is 7.09. The van der Waals surface area contributed by atoms with Gasteiger partial charge in [-0.1, -0.05) is 38.2 Å². The summed E-state index contributed by atoms with van der Waals surface area (Å²) in [7, 11) is 2.87. The number of allylic oxidation sites excluding steroid dienone is 4. The van der Waals surface area contributed by atoms with Crippen molar-refractivity contribution in [2.75, 3.05) is 14.2 Å². The van der Waals surface area contributed by atoms with Crippen molar-refractivity contribution in [2.24, 2.45) is 17.6 Å². The first kappa shape index (κ1) is 34.3. The average Bonchev–Trinajstić information content (AvgIpc) is 2.91. The topological polar surface area (TPSA) is 183 Å². The molecule has 1 heterocycles. The number of primary amides is 1. The number of ether oxygens (including phenoxy) is 3. The highest BCUT2D eigenvalue weighted by atomic mass is 16.6. The summed E-state index contributed by atoms with van der Waals surface area (Å²) in [6.07, 6.45) is 3.15. The van der Waals surface area contributed by atoms with Crippen LogP contribution < -0.4 is 16.4 Å². The number of ketones is 2. The van der Waals surface area contributed by atoms with Crippen LogP contribution in [0.2, 0.25) is 0 Å². The quantitative estimate of drug-likeness (QED) is 0.282. The van der Waals surface area contributed by atoms with E-state index in [9.17, 15) is 29.1 Å². The molecule has 1 aliphatic heterocycles. The lowest BCUT2D eigenvalue weighted by molar-refractivity contribution is -0.122. The first-order valence-electron chi connectivity index (χ1n) is 13.6. The average molecular weight is 588 g/mol. The smallest absolute Gasteiger partial charge is 0.405 e. The van der Waals surface area contributed by atoms with Gasteiger partial charge in [-0.05, 0) is 38.2 Å². The van der Waals surface area contributed by atoms with E-state index in [0.717, 1.165) is 6.08 Å². The molecule has 5 N–H and O–H groups in total. The van der Waals surface area contributed by atoms with Crippen LogP contribution in [0.5, 0.6) is 0 Å². The SMILES string of the molecule is COC1/C=C\C=C(/C)C(=O)NC2=CC(=O)C(NC(C)=O)=C(CC(C)CC(OC)C(O)[C@@H](C)/C=C(\C)C1OC(N)=O)C2=O. The molecule has 2 bridgehead atoms. The summed E-state index contributed by atoms with van der Waals surface area (Å²) >= 11 is 0. The van der Waals surface area contributed by atoms with E-state index < -0.39 is 59.8 Å². The van der Waals surface area contributed by atoms with Gasteiger partial charge in [0.15, 0.2) is 6.10 Å². The summed E-state index contributed by atoms with van der Waals surface area (Å²) in [6, 6.07) is 0. The maximum atomic E-state index is 13.5. The van der Waals surface area contributed by atoms with Gasteiger partial charge in [0.1, 0.15) is 6.10 Å². The highest BCUT2D eigenvalue weighted by Gasteiger charge is 2.33. The molecule has 5 unspecified atom stereocenters. The molecule has 0 saturated carbocycles. The molecule has 12 nitrogen and oxygen atoms in total. The Bertz CT molecular complexity index is 1240. The van der Waals surface area contributed by atoms with Crippen LogP contribution in [0.25, 0.3) is 0 Å². The minimum Gasteiger partial charge on any atom is -0.439 e. The number of hydrogen-bond acceptors (Lipinski definition) is 9. The number of aliphatic hydroxyl groups is 1. The molecule has 0 aromatic heterocycles. The van der Waals surface area contributed by atoms with Crippen LogP contribution in [0.3, 0.4) is 0 Å². The Hall–Kier alpha value is -3.87. The summed E-state index contributed by atoms with van der Waals surface area (Å²) < 4.78 is 16.5. The van der Waals surface area contributed by atoms with Crippen LogP contribution in [-0.2, 0) is 33.4 Å².